The van der Waals surface area contributed by atoms with Gasteiger partial charge in [0.15, 0.2) is 0 Å². The average molecular weight is 454 g/mol. The van der Waals surface area contributed by atoms with E-state index in [0.717, 1.165) is 51.3 Å². The molecule has 0 N–H and O–H groups in total. The number of nitro groups is 1. The molecule has 0 saturated carbocycles. The Balaban J connectivity index is 1.91. The van der Waals surface area contributed by atoms with Gasteiger partial charge in [0.25, 0.3) is 5.69 Å². The minimum Gasteiger partial charge on any atom is -0.363 e. The van der Waals surface area contributed by atoms with E-state index >= 15 is 0 Å². The van der Waals surface area contributed by atoms with E-state index in [2.05, 4.69) is 24.5 Å². The number of rotatable bonds is 11. The van der Waals surface area contributed by atoms with Gasteiger partial charge in [-0.25, -0.2) is 0 Å². The van der Waals surface area contributed by atoms with E-state index in [1.54, 1.807) is 6.07 Å². The van der Waals surface area contributed by atoms with Crippen molar-refractivity contribution in [3.05, 3.63) is 32.8 Å². The Morgan fingerprint density at radius 1 is 1.30 bits per heavy atom. The summed E-state index contributed by atoms with van der Waals surface area (Å²) in [4.78, 5) is 13.2. The molecule has 1 saturated heterocycles. The first-order valence-electron chi connectivity index (χ1n) is 10.5. The van der Waals surface area contributed by atoms with Crippen molar-refractivity contribution in [1.29, 1.82) is 5.26 Å². The van der Waals surface area contributed by atoms with E-state index in [1.807, 2.05) is 6.07 Å². The second-order valence-electron chi connectivity index (χ2n) is 8.92. The second kappa shape index (κ2) is 11.7. The third kappa shape index (κ3) is 7.55. The van der Waals surface area contributed by atoms with Crippen LogP contribution in [-0.2, 0) is 9.47 Å². The van der Waals surface area contributed by atoms with Crippen LogP contribution in [0.25, 0.3) is 0 Å². The zero-order chi connectivity index (χ0) is 22.1. The van der Waals surface area contributed by atoms with Gasteiger partial charge in [0, 0.05) is 39.9 Å². The molecule has 0 bridgehead atoms. The van der Waals surface area contributed by atoms with E-state index in [1.165, 1.54) is 6.07 Å². The van der Waals surface area contributed by atoms with Gasteiger partial charge in [0.2, 0.25) is 0 Å². The molecule has 0 unspecified atom stereocenters. The predicted molar refractivity (Wildman–Crippen MR) is 122 cm³/mol. The number of anilines is 1. The number of hydrogen-bond donors (Lipinski definition) is 0. The van der Waals surface area contributed by atoms with Crippen LogP contribution in [-0.4, -0.2) is 45.6 Å². The van der Waals surface area contributed by atoms with Crippen LogP contribution in [0.4, 0.5) is 11.4 Å². The van der Waals surface area contributed by atoms with Gasteiger partial charge in [-0.1, -0.05) is 31.2 Å². The summed E-state index contributed by atoms with van der Waals surface area (Å²) < 4.78 is 11.2. The molecule has 1 heterocycles. The van der Waals surface area contributed by atoms with Crippen molar-refractivity contribution in [2.75, 3.05) is 31.5 Å². The third-order valence-electron chi connectivity index (χ3n) is 5.31. The first-order valence-corrected chi connectivity index (χ1v) is 14.6. The summed E-state index contributed by atoms with van der Waals surface area (Å²) in [6.45, 7) is 9.36. The number of halogens is 1. The summed E-state index contributed by atoms with van der Waals surface area (Å²) >= 11 is 6.19. The lowest BCUT2D eigenvalue weighted by Gasteiger charge is -2.37. The number of hydrogen-bond acceptors (Lipinski definition) is 6. The number of nitro benzene ring substituents is 1. The molecule has 1 atom stereocenters. The molecule has 7 nitrogen and oxygen atoms in total. The van der Waals surface area contributed by atoms with E-state index in [-0.39, 0.29) is 22.3 Å². The SMILES string of the molecule is C[Si](C)(C)CCOCOCCC[C@@H]1CCCCN1c1cc(Cl)c(C#N)cc1[N+](=O)[O-]. The zero-order valence-electron chi connectivity index (χ0n) is 18.2. The van der Waals surface area contributed by atoms with Crippen molar-refractivity contribution in [3.63, 3.8) is 0 Å². The van der Waals surface area contributed by atoms with Crippen LogP contribution in [0.5, 0.6) is 0 Å². The van der Waals surface area contributed by atoms with Gasteiger partial charge >= 0.3 is 0 Å². The fourth-order valence-corrected chi connectivity index (χ4v) is 4.56. The van der Waals surface area contributed by atoms with E-state index in [0.29, 0.717) is 19.1 Å². The van der Waals surface area contributed by atoms with Gasteiger partial charge in [-0.15, -0.1) is 0 Å². The number of nitrogens with zero attached hydrogens (tertiary/aromatic N) is 3. The van der Waals surface area contributed by atoms with Crippen LogP contribution in [0, 0.1) is 21.4 Å². The molecule has 0 aromatic heterocycles. The molecule has 1 aliphatic heterocycles. The minimum absolute atomic E-state index is 0.0603. The highest BCUT2D eigenvalue weighted by molar-refractivity contribution is 6.76. The highest BCUT2D eigenvalue weighted by atomic mass is 35.5. The van der Waals surface area contributed by atoms with Crippen LogP contribution in [0.2, 0.25) is 30.7 Å². The molecule has 1 aliphatic rings. The summed E-state index contributed by atoms with van der Waals surface area (Å²) in [5.41, 5.74) is 0.572. The highest BCUT2D eigenvalue weighted by Crippen LogP contribution is 2.37. The van der Waals surface area contributed by atoms with Crippen molar-refractivity contribution in [2.45, 2.75) is 63.8 Å². The molecule has 0 amide bonds. The normalized spacial score (nSPS) is 17.0. The van der Waals surface area contributed by atoms with E-state index < -0.39 is 13.0 Å². The Morgan fingerprint density at radius 2 is 2.03 bits per heavy atom. The molecule has 0 radical (unpaired) electrons. The van der Waals surface area contributed by atoms with Crippen LogP contribution < -0.4 is 4.90 Å². The Hall–Kier alpha value is -1.66. The van der Waals surface area contributed by atoms with Crippen molar-refractivity contribution in [1.82, 2.24) is 0 Å². The second-order valence-corrected chi connectivity index (χ2v) is 14.9. The lowest BCUT2D eigenvalue weighted by molar-refractivity contribution is -0.384. The van der Waals surface area contributed by atoms with Crippen molar-refractivity contribution in [3.8, 4) is 6.07 Å². The Morgan fingerprint density at radius 3 is 2.70 bits per heavy atom. The predicted octanol–water partition coefficient (Wildman–Crippen LogP) is 5.59. The maximum absolute atomic E-state index is 11.6. The molecule has 1 aromatic carbocycles. The lowest BCUT2D eigenvalue weighted by atomic mass is 9.96. The van der Waals surface area contributed by atoms with Crippen molar-refractivity contribution in [2.24, 2.45) is 0 Å². The molecule has 9 heteroatoms. The molecular formula is C21H32ClN3O4Si. The highest BCUT2D eigenvalue weighted by Gasteiger charge is 2.29. The molecule has 166 valence electrons. The number of benzene rings is 1. The van der Waals surface area contributed by atoms with E-state index in [9.17, 15) is 10.1 Å². The molecular weight excluding hydrogens is 422 g/mol. The monoisotopic (exact) mass is 453 g/mol. The van der Waals surface area contributed by atoms with Gasteiger partial charge in [0.05, 0.1) is 15.5 Å². The van der Waals surface area contributed by atoms with Crippen LogP contribution in [0.15, 0.2) is 12.1 Å². The maximum atomic E-state index is 11.6. The Kier molecular flexibility index (Phi) is 9.56. The summed E-state index contributed by atoms with van der Waals surface area (Å²) in [5.74, 6) is 0. The maximum Gasteiger partial charge on any atom is 0.293 e. The van der Waals surface area contributed by atoms with Gasteiger partial charge in [0.1, 0.15) is 18.5 Å². The Labute approximate surface area is 185 Å². The van der Waals surface area contributed by atoms with E-state index in [4.69, 9.17) is 26.3 Å². The summed E-state index contributed by atoms with van der Waals surface area (Å²) in [5, 5.41) is 21.0. The molecule has 1 aromatic rings. The van der Waals surface area contributed by atoms with Crippen LogP contribution in [0.1, 0.15) is 37.7 Å². The summed E-state index contributed by atoms with van der Waals surface area (Å²) in [6.07, 6.45) is 4.79. The van der Waals surface area contributed by atoms with Crippen molar-refractivity contribution < 1.29 is 14.4 Å². The first kappa shape index (κ1) is 24.6. The molecule has 0 spiro atoms. The Bertz CT molecular complexity index is 764. The molecule has 1 fully saturated rings. The lowest BCUT2D eigenvalue weighted by Crippen LogP contribution is -2.40. The fraction of sp³-hybridized carbons (Fsp3) is 0.667. The van der Waals surface area contributed by atoms with Gasteiger partial charge in [-0.2, -0.15) is 5.26 Å². The van der Waals surface area contributed by atoms with Gasteiger partial charge < -0.3 is 14.4 Å². The van der Waals surface area contributed by atoms with Gasteiger partial charge in [-0.05, 0) is 44.2 Å². The fourth-order valence-electron chi connectivity index (χ4n) is 3.61. The largest absolute Gasteiger partial charge is 0.363 e. The molecule has 2 rings (SSSR count). The number of ether oxygens (including phenoxy) is 2. The summed E-state index contributed by atoms with van der Waals surface area (Å²) in [6, 6.07) is 6.09. The molecule has 30 heavy (non-hydrogen) atoms. The third-order valence-corrected chi connectivity index (χ3v) is 7.32. The smallest absolute Gasteiger partial charge is 0.293 e. The van der Waals surface area contributed by atoms with Crippen LogP contribution in [0.3, 0.4) is 0 Å². The van der Waals surface area contributed by atoms with Gasteiger partial charge in [-0.3, -0.25) is 10.1 Å². The quantitative estimate of drug-likeness (QED) is 0.143. The van der Waals surface area contributed by atoms with Crippen LogP contribution >= 0.6 is 11.6 Å². The van der Waals surface area contributed by atoms with Crippen molar-refractivity contribution >= 4 is 31.0 Å². The standard InChI is InChI=1S/C21H32ClN3O4Si/c1-30(2,3)12-11-29-16-28-10-6-8-18-7-4-5-9-24(18)20-14-19(22)17(15-23)13-21(20)25(26)27/h13-14,18H,4-12,16H2,1-3H3/t18-/m0/s1. The zero-order valence-corrected chi connectivity index (χ0v) is 19.9. The topological polar surface area (TPSA) is 88.6 Å². The number of piperidine rings is 1. The minimum atomic E-state index is -1.08. The summed E-state index contributed by atoms with van der Waals surface area (Å²) in [7, 11) is -1.08. The molecule has 0 aliphatic carbocycles. The first-order chi connectivity index (χ1) is 14.2. The average Bonchev–Trinajstić information content (AvgIpc) is 2.69. The number of nitriles is 1.